The van der Waals surface area contributed by atoms with Crippen LogP contribution in [0.2, 0.25) is 0 Å². The SMILES string of the molecule is CN(C1CCOCC1)S(=O)(=O)c1c(F)cc(F)cc1Br. The molecule has 0 aromatic heterocycles. The van der Waals surface area contributed by atoms with Gasteiger partial charge in [0, 0.05) is 36.8 Å². The fraction of sp³-hybridized carbons (Fsp3) is 0.500. The molecule has 1 aliphatic heterocycles. The fourth-order valence-electron chi connectivity index (χ4n) is 2.16. The topological polar surface area (TPSA) is 46.6 Å². The van der Waals surface area contributed by atoms with Gasteiger partial charge in [-0.15, -0.1) is 0 Å². The van der Waals surface area contributed by atoms with Crippen molar-refractivity contribution in [2.24, 2.45) is 0 Å². The maximum absolute atomic E-state index is 13.8. The number of hydrogen-bond acceptors (Lipinski definition) is 3. The lowest BCUT2D eigenvalue weighted by Crippen LogP contribution is -2.41. The Kier molecular flexibility index (Phi) is 4.78. The molecule has 0 radical (unpaired) electrons. The first-order valence-corrected chi connectivity index (χ1v) is 8.27. The minimum absolute atomic E-state index is 0.117. The summed E-state index contributed by atoms with van der Waals surface area (Å²) < 4.78 is 58.0. The first kappa shape index (κ1) is 15.8. The van der Waals surface area contributed by atoms with E-state index in [2.05, 4.69) is 15.9 Å². The van der Waals surface area contributed by atoms with Crippen molar-refractivity contribution in [3.63, 3.8) is 0 Å². The highest BCUT2D eigenvalue weighted by Crippen LogP contribution is 2.30. The Morgan fingerprint density at radius 3 is 2.45 bits per heavy atom. The molecule has 0 aliphatic carbocycles. The Morgan fingerprint density at radius 2 is 1.90 bits per heavy atom. The van der Waals surface area contributed by atoms with Gasteiger partial charge in [0.25, 0.3) is 0 Å². The van der Waals surface area contributed by atoms with E-state index in [-0.39, 0.29) is 10.5 Å². The molecule has 1 aromatic rings. The van der Waals surface area contributed by atoms with Gasteiger partial charge in [0.15, 0.2) is 0 Å². The summed E-state index contributed by atoms with van der Waals surface area (Å²) in [5.41, 5.74) is 0. The highest BCUT2D eigenvalue weighted by Gasteiger charge is 2.33. The van der Waals surface area contributed by atoms with Gasteiger partial charge in [0.2, 0.25) is 10.0 Å². The van der Waals surface area contributed by atoms with Crippen molar-refractivity contribution in [2.45, 2.75) is 23.8 Å². The fourth-order valence-corrected chi connectivity index (χ4v) is 4.69. The molecule has 0 amide bonds. The molecule has 1 aromatic carbocycles. The van der Waals surface area contributed by atoms with Crippen LogP contribution in [-0.4, -0.2) is 39.0 Å². The number of benzene rings is 1. The molecule has 4 nitrogen and oxygen atoms in total. The smallest absolute Gasteiger partial charge is 0.247 e. The predicted molar refractivity (Wildman–Crippen MR) is 72.8 cm³/mol. The zero-order valence-corrected chi connectivity index (χ0v) is 13.2. The van der Waals surface area contributed by atoms with E-state index >= 15 is 0 Å². The second-order valence-corrected chi connectivity index (χ2v) is 7.35. The third-order valence-electron chi connectivity index (χ3n) is 3.31. The molecule has 1 saturated heterocycles. The molecule has 20 heavy (non-hydrogen) atoms. The van der Waals surface area contributed by atoms with E-state index in [1.54, 1.807) is 0 Å². The van der Waals surface area contributed by atoms with Crippen LogP contribution in [0.25, 0.3) is 0 Å². The second-order valence-electron chi connectivity index (χ2n) is 4.56. The van der Waals surface area contributed by atoms with Crippen molar-refractivity contribution >= 4 is 26.0 Å². The largest absolute Gasteiger partial charge is 0.381 e. The second kappa shape index (κ2) is 6.05. The summed E-state index contributed by atoms with van der Waals surface area (Å²) in [6.45, 7) is 0.940. The number of halogens is 3. The summed E-state index contributed by atoms with van der Waals surface area (Å²) in [5.74, 6) is -1.93. The lowest BCUT2D eigenvalue weighted by molar-refractivity contribution is 0.0631. The Hall–Kier alpha value is -0.570. The van der Waals surface area contributed by atoms with Crippen molar-refractivity contribution in [3.05, 3.63) is 28.2 Å². The van der Waals surface area contributed by atoms with Gasteiger partial charge >= 0.3 is 0 Å². The summed E-state index contributed by atoms with van der Waals surface area (Å²) in [4.78, 5) is -0.534. The zero-order valence-electron chi connectivity index (χ0n) is 10.8. The van der Waals surface area contributed by atoms with Gasteiger partial charge in [-0.1, -0.05) is 0 Å². The third kappa shape index (κ3) is 3.03. The maximum Gasteiger partial charge on any atom is 0.247 e. The Labute approximate surface area is 124 Å². The molecule has 1 heterocycles. The van der Waals surface area contributed by atoms with E-state index in [1.165, 1.54) is 7.05 Å². The van der Waals surface area contributed by atoms with Gasteiger partial charge in [-0.25, -0.2) is 17.2 Å². The van der Waals surface area contributed by atoms with Crippen LogP contribution in [0.4, 0.5) is 8.78 Å². The third-order valence-corrected chi connectivity index (χ3v) is 6.18. The molecule has 0 unspecified atom stereocenters. The number of nitrogens with zero attached hydrogens (tertiary/aromatic N) is 1. The normalized spacial score (nSPS) is 17.6. The minimum Gasteiger partial charge on any atom is -0.381 e. The van der Waals surface area contributed by atoms with Crippen LogP contribution in [0.5, 0.6) is 0 Å². The minimum atomic E-state index is -4.03. The summed E-state index contributed by atoms with van der Waals surface area (Å²) in [7, 11) is -2.62. The number of ether oxygens (including phenoxy) is 1. The number of sulfonamides is 1. The monoisotopic (exact) mass is 369 g/mol. The van der Waals surface area contributed by atoms with Crippen molar-refractivity contribution in [1.82, 2.24) is 4.31 Å². The van der Waals surface area contributed by atoms with Gasteiger partial charge in [0.1, 0.15) is 16.5 Å². The van der Waals surface area contributed by atoms with Gasteiger partial charge in [-0.2, -0.15) is 4.31 Å². The standard InChI is InChI=1S/C12H14BrF2NO3S/c1-16(9-2-4-19-5-3-9)20(17,18)12-10(13)6-8(14)7-11(12)15/h6-7,9H,2-5H2,1H3. The van der Waals surface area contributed by atoms with Crippen LogP contribution in [-0.2, 0) is 14.8 Å². The zero-order chi connectivity index (χ0) is 14.9. The molecule has 0 N–H and O–H groups in total. The summed E-state index contributed by atoms with van der Waals surface area (Å²) in [5, 5.41) is 0. The van der Waals surface area contributed by atoms with Gasteiger partial charge in [-0.3, -0.25) is 0 Å². The molecular weight excluding hydrogens is 356 g/mol. The average molecular weight is 370 g/mol. The van der Waals surface area contributed by atoms with Crippen molar-refractivity contribution in [1.29, 1.82) is 0 Å². The highest BCUT2D eigenvalue weighted by atomic mass is 79.9. The quantitative estimate of drug-likeness (QED) is 0.822. The molecular formula is C12H14BrF2NO3S. The van der Waals surface area contributed by atoms with Gasteiger partial charge in [-0.05, 0) is 34.8 Å². The van der Waals surface area contributed by atoms with E-state index in [9.17, 15) is 17.2 Å². The lowest BCUT2D eigenvalue weighted by Gasteiger charge is -2.30. The Balaban J connectivity index is 2.39. The first-order chi connectivity index (χ1) is 9.34. The molecule has 0 spiro atoms. The van der Waals surface area contributed by atoms with Crippen LogP contribution in [0.1, 0.15) is 12.8 Å². The van der Waals surface area contributed by atoms with Crippen LogP contribution >= 0.6 is 15.9 Å². The van der Waals surface area contributed by atoms with Crippen LogP contribution < -0.4 is 0 Å². The van der Waals surface area contributed by atoms with Crippen molar-refractivity contribution in [3.8, 4) is 0 Å². The van der Waals surface area contributed by atoms with E-state index in [0.29, 0.717) is 32.1 Å². The highest BCUT2D eigenvalue weighted by molar-refractivity contribution is 9.10. The Bertz CT molecular complexity index is 580. The van der Waals surface area contributed by atoms with Gasteiger partial charge < -0.3 is 4.74 Å². The first-order valence-electron chi connectivity index (χ1n) is 6.04. The molecule has 1 fully saturated rings. The van der Waals surface area contributed by atoms with Crippen LogP contribution in [0.3, 0.4) is 0 Å². The van der Waals surface area contributed by atoms with Gasteiger partial charge in [0.05, 0.1) is 0 Å². The number of rotatable bonds is 3. The summed E-state index contributed by atoms with van der Waals surface area (Å²) >= 11 is 2.92. The molecule has 0 bridgehead atoms. The Morgan fingerprint density at radius 1 is 1.30 bits per heavy atom. The molecule has 0 atom stereocenters. The van der Waals surface area contributed by atoms with E-state index in [4.69, 9.17) is 4.74 Å². The van der Waals surface area contributed by atoms with E-state index < -0.39 is 26.6 Å². The van der Waals surface area contributed by atoms with Crippen LogP contribution in [0.15, 0.2) is 21.5 Å². The molecule has 1 aliphatic rings. The molecule has 112 valence electrons. The van der Waals surface area contributed by atoms with Crippen molar-refractivity contribution < 1.29 is 21.9 Å². The average Bonchev–Trinajstić information content (AvgIpc) is 2.37. The predicted octanol–water partition coefficient (Wildman–Crippen LogP) is 2.53. The van der Waals surface area contributed by atoms with E-state index in [0.717, 1.165) is 10.4 Å². The van der Waals surface area contributed by atoms with Crippen molar-refractivity contribution in [2.75, 3.05) is 20.3 Å². The van der Waals surface area contributed by atoms with Crippen LogP contribution in [0, 0.1) is 11.6 Å². The molecule has 2 rings (SSSR count). The maximum atomic E-state index is 13.8. The summed E-state index contributed by atoms with van der Waals surface area (Å²) in [6.07, 6.45) is 1.10. The lowest BCUT2D eigenvalue weighted by atomic mass is 10.1. The summed E-state index contributed by atoms with van der Waals surface area (Å²) in [6, 6.07) is 1.26. The van der Waals surface area contributed by atoms with E-state index in [1.807, 2.05) is 0 Å². The number of hydrogen-bond donors (Lipinski definition) is 0. The molecule has 0 saturated carbocycles. The molecule has 8 heteroatoms.